The van der Waals surface area contributed by atoms with E-state index in [0.29, 0.717) is 22.6 Å². The quantitative estimate of drug-likeness (QED) is 0.321. The number of aromatic amines is 1. The van der Waals surface area contributed by atoms with Crippen molar-refractivity contribution in [1.29, 1.82) is 0 Å². The van der Waals surface area contributed by atoms with E-state index in [4.69, 9.17) is 0 Å². The molecule has 0 amide bonds. The number of hydrogen-bond donors (Lipinski definition) is 2. The van der Waals surface area contributed by atoms with Crippen LogP contribution in [0.25, 0.3) is 5.69 Å². The highest BCUT2D eigenvalue weighted by atomic mass is 79.9. The molecule has 0 aliphatic heterocycles. The van der Waals surface area contributed by atoms with E-state index in [9.17, 15) is 13.2 Å². The fraction of sp³-hybridized carbons (Fsp3) is 0.120. The maximum Gasteiger partial charge on any atom is 0.280 e. The lowest BCUT2D eigenvalue weighted by Crippen LogP contribution is -2.17. The second-order valence-electron chi connectivity index (χ2n) is 7.92. The summed E-state index contributed by atoms with van der Waals surface area (Å²) in [5.74, 6) is 0. The molecular weight excluding hydrogens is 516 g/mol. The Balaban J connectivity index is 1.54. The minimum atomic E-state index is -3.73. The van der Waals surface area contributed by atoms with Crippen molar-refractivity contribution in [2.45, 2.75) is 25.7 Å². The maximum absolute atomic E-state index is 12.9. The van der Waals surface area contributed by atoms with Crippen LogP contribution in [0.15, 0.2) is 85.9 Å². The first-order valence-electron chi connectivity index (χ1n) is 10.5. The van der Waals surface area contributed by atoms with Crippen LogP contribution in [0.4, 0.5) is 11.4 Å². The highest BCUT2D eigenvalue weighted by Crippen LogP contribution is 2.21. The van der Waals surface area contributed by atoms with Crippen LogP contribution in [0.5, 0.6) is 0 Å². The van der Waals surface area contributed by atoms with E-state index in [1.54, 1.807) is 36.4 Å². The number of H-pyrrole nitrogens is 1. The third-order valence-electron chi connectivity index (χ3n) is 5.45. The van der Waals surface area contributed by atoms with Crippen LogP contribution >= 0.6 is 15.9 Å². The minimum Gasteiger partial charge on any atom is -0.295 e. The molecule has 0 spiro atoms. The molecule has 174 valence electrons. The van der Waals surface area contributed by atoms with Crippen LogP contribution in [0.2, 0.25) is 0 Å². The van der Waals surface area contributed by atoms with Crippen molar-refractivity contribution in [2.75, 3.05) is 4.72 Å². The van der Waals surface area contributed by atoms with Gasteiger partial charge in [0.15, 0.2) is 0 Å². The molecule has 0 radical (unpaired) electrons. The van der Waals surface area contributed by atoms with Crippen molar-refractivity contribution in [3.05, 3.63) is 104 Å². The number of nitrogens with one attached hydrogen (secondary N) is 2. The standard InChI is InChI=1S/C25H23BrN4O3S/c1-16-4-11-22(14-17(16)2)30-25(31)24(18(3)28-30)15-27-20-9-12-23(13-10-20)34(32,33)29-21-7-5-19(26)6-8-21/h4-15,28-29H,1-3H3. The molecule has 0 saturated heterocycles. The average Bonchev–Trinajstić information content (AvgIpc) is 3.09. The van der Waals surface area contributed by atoms with Gasteiger partial charge in [0.25, 0.3) is 15.6 Å². The fourth-order valence-corrected chi connectivity index (χ4v) is 4.66. The van der Waals surface area contributed by atoms with Gasteiger partial charge in [-0.05, 0) is 92.6 Å². The van der Waals surface area contributed by atoms with Crippen LogP contribution in [-0.2, 0) is 10.0 Å². The average molecular weight is 539 g/mol. The largest absolute Gasteiger partial charge is 0.295 e. The number of aromatic nitrogens is 2. The molecule has 0 fully saturated rings. The van der Waals surface area contributed by atoms with E-state index in [1.807, 2.05) is 39.0 Å². The Morgan fingerprint density at radius 2 is 1.62 bits per heavy atom. The number of sulfonamides is 1. The molecule has 34 heavy (non-hydrogen) atoms. The Labute approximate surface area is 206 Å². The Morgan fingerprint density at radius 3 is 2.26 bits per heavy atom. The molecule has 1 heterocycles. The van der Waals surface area contributed by atoms with Crippen LogP contribution in [0.3, 0.4) is 0 Å². The first kappa shape index (κ1) is 23.7. The van der Waals surface area contributed by atoms with Crippen molar-refractivity contribution in [1.82, 2.24) is 9.78 Å². The predicted octanol–water partition coefficient (Wildman–Crippen LogP) is 5.40. The molecule has 4 aromatic rings. The van der Waals surface area contributed by atoms with Gasteiger partial charge < -0.3 is 0 Å². The normalized spacial score (nSPS) is 11.8. The summed E-state index contributed by atoms with van der Waals surface area (Å²) in [6.45, 7) is 5.83. The lowest BCUT2D eigenvalue weighted by Gasteiger charge is -2.08. The molecule has 0 bridgehead atoms. The molecule has 9 heteroatoms. The van der Waals surface area contributed by atoms with Crippen LogP contribution < -0.4 is 10.3 Å². The van der Waals surface area contributed by atoms with Crippen molar-refractivity contribution in [2.24, 2.45) is 4.99 Å². The zero-order valence-electron chi connectivity index (χ0n) is 18.8. The molecule has 0 aliphatic carbocycles. The van der Waals surface area contributed by atoms with E-state index < -0.39 is 10.0 Å². The second-order valence-corrected chi connectivity index (χ2v) is 10.5. The van der Waals surface area contributed by atoms with Crippen molar-refractivity contribution in [3.63, 3.8) is 0 Å². The fourth-order valence-electron chi connectivity index (χ4n) is 3.34. The first-order chi connectivity index (χ1) is 16.1. The molecule has 0 atom stereocenters. The number of anilines is 1. The molecule has 7 nitrogen and oxygen atoms in total. The number of hydrogen-bond acceptors (Lipinski definition) is 4. The second kappa shape index (κ2) is 9.44. The van der Waals surface area contributed by atoms with Crippen molar-refractivity contribution >= 4 is 43.5 Å². The van der Waals surface area contributed by atoms with E-state index in [1.165, 1.54) is 23.0 Å². The molecule has 3 aromatic carbocycles. The molecule has 0 unspecified atom stereocenters. The van der Waals surface area contributed by atoms with Gasteiger partial charge in [0.1, 0.15) is 0 Å². The number of aliphatic imine (C=N–C) groups is 1. The lowest BCUT2D eigenvalue weighted by atomic mass is 10.1. The van der Waals surface area contributed by atoms with Crippen LogP contribution in [-0.4, -0.2) is 24.4 Å². The third kappa shape index (κ3) is 5.05. The van der Waals surface area contributed by atoms with E-state index >= 15 is 0 Å². The van der Waals surface area contributed by atoms with Gasteiger partial charge in [-0.2, -0.15) is 0 Å². The molecule has 4 rings (SSSR count). The van der Waals surface area contributed by atoms with Gasteiger partial charge in [-0.1, -0.05) is 22.0 Å². The van der Waals surface area contributed by atoms with Crippen molar-refractivity contribution < 1.29 is 8.42 Å². The van der Waals surface area contributed by atoms with Gasteiger partial charge >= 0.3 is 0 Å². The summed E-state index contributed by atoms with van der Waals surface area (Å²) >= 11 is 3.32. The summed E-state index contributed by atoms with van der Waals surface area (Å²) in [5, 5.41) is 3.09. The summed E-state index contributed by atoms with van der Waals surface area (Å²) in [7, 11) is -3.73. The summed E-state index contributed by atoms with van der Waals surface area (Å²) in [5.41, 5.74) is 4.91. The summed E-state index contributed by atoms with van der Waals surface area (Å²) < 4.78 is 30.2. The highest BCUT2D eigenvalue weighted by Gasteiger charge is 2.14. The Bertz CT molecular complexity index is 1530. The predicted molar refractivity (Wildman–Crippen MR) is 139 cm³/mol. The maximum atomic E-state index is 12.9. The van der Waals surface area contributed by atoms with Gasteiger partial charge in [0, 0.05) is 22.1 Å². The summed E-state index contributed by atoms with van der Waals surface area (Å²) in [6.07, 6.45) is 1.50. The third-order valence-corrected chi connectivity index (χ3v) is 7.38. The zero-order valence-corrected chi connectivity index (χ0v) is 21.2. The van der Waals surface area contributed by atoms with Crippen LogP contribution in [0, 0.1) is 20.8 Å². The molecule has 0 aliphatic rings. The highest BCUT2D eigenvalue weighted by molar-refractivity contribution is 9.10. The molecule has 2 N–H and O–H groups in total. The number of rotatable bonds is 6. The zero-order chi connectivity index (χ0) is 24.5. The summed E-state index contributed by atoms with van der Waals surface area (Å²) in [4.78, 5) is 17.4. The van der Waals surface area contributed by atoms with Crippen molar-refractivity contribution in [3.8, 4) is 5.69 Å². The first-order valence-corrected chi connectivity index (χ1v) is 12.7. The molecule has 1 aromatic heterocycles. The topological polar surface area (TPSA) is 96.3 Å². The lowest BCUT2D eigenvalue weighted by molar-refractivity contribution is 0.601. The number of halogens is 1. The van der Waals surface area contributed by atoms with Gasteiger partial charge in [0.05, 0.1) is 21.8 Å². The summed E-state index contributed by atoms with van der Waals surface area (Å²) in [6, 6.07) is 18.8. The van der Waals surface area contributed by atoms with Gasteiger partial charge in [0.2, 0.25) is 0 Å². The van der Waals surface area contributed by atoms with Gasteiger partial charge in [-0.25, -0.2) is 13.1 Å². The van der Waals surface area contributed by atoms with Gasteiger partial charge in [-0.15, -0.1) is 0 Å². The monoisotopic (exact) mass is 538 g/mol. The Morgan fingerprint density at radius 1 is 0.941 bits per heavy atom. The molecule has 0 saturated carbocycles. The Kier molecular flexibility index (Phi) is 6.58. The number of benzene rings is 3. The molecular formula is C25H23BrN4O3S. The van der Waals surface area contributed by atoms with Gasteiger partial charge in [-0.3, -0.25) is 19.6 Å². The van der Waals surface area contributed by atoms with E-state index in [2.05, 4.69) is 30.7 Å². The number of aryl methyl sites for hydroxylation is 3. The SMILES string of the molecule is Cc1ccc(-n2[nH]c(C)c(C=Nc3ccc(S(=O)(=O)Nc4ccc(Br)cc4)cc3)c2=O)cc1C. The van der Waals surface area contributed by atoms with Crippen LogP contribution in [0.1, 0.15) is 22.4 Å². The van der Waals surface area contributed by atoms with E-state index in [-0.39, 0.29) is 10.5 Å². The number of nitrogens with zero attached hydrogens (tertiary/aromatic N) is 2. The Hall–Kier alpha value is -3.43. The minimum absolute atomic E-state index is 0.115. The smallest absolute Gasteiger partial charge is 0.280 e. The van der Waals surface area contributed by atoms with E-state index in [0.717, 1.165) is 21.3 Å².